The van der Waals surface area contributed by atoms with Gasteiger partial charge < -0.3 is 0 Å². The molecule has 0 aromatic heterocycles. The number of hydrogen-bond donors (Lipinski definition) is 0. The zero-order chi connectivity index (χ0) is 9.68. The maximum Gasteiger partial charge on any atom is 0.123 e. The maximum atomic E-state index is 12.7. The zero-order valence-electron chi connectivity index (χ0n) is 6.71. The Bertz CT molecular complexity index is 338. The van der Waals surface area contributed by atoms with Crippen LogP contribution in [0.2, 0.25) is 0 Å². The predicted octanol–water partition coefficient (Wildman–Crippen LogP) is 3.01. The van der Waals surface area contributed by atoms with Crippen molar-refractivity contribution in [2.75, 3.05) is 6.54 Å². The molecule has 68 valence electrons. The van der Waals surface area contributed by atoms with Crippen molar-refractivity contribution in [1.29, 1.82) is 0 Å². The van der Waals surface area contributed by atoms with Crippen LogP contribution < -0.4 is 0 Å². The second-order valence-corrected chi connectivity index (χ2v) is 3.51. The lowest BCUT2D eigenvalue weighted by Gasteiger charge is -1.96. The molecule has 13 heavy (non-hydrogen) atoms. The molecular weight excluding hydrogens is 253 g/mol. The average Bonchev–Trinajstić information content (AvgIpc) is 2.11. The van der Waals surface area contributed by atoms with Crippen LogP contribution in [0.15, 0.2) is 27.7 Å². The van der Waals surface area contributed by atoms with Crippen molar-refractivity contribution in [3.8, 4) is 0 Å². The third-order valence-electron chi connectivity index (χ3n) is 1.37. The fourth-order valence-corrected chi connectivity index (χ4v) is 1.24. The van der Waals surface area contributed by atoms with Gasteiger partial charge in [0.25, 0.3) is 0 Å². The molecule has 0 aliphatic carbocycles. The third-order valence-corrected chi connectivity index (χ3v) is 2.24. The summed E-state index contributed by atoms with van der Waals surface area (Å²) in [5, 5.41) is 1.52. The van der Waals surface area contributed by atoms with Gasteiger partial charge in [0.15, 0.2) is 0 Å². The van der Waals surface area contributed by atoms with Crippen molar-refractivity contribution in [2.24, 2.45) is 4.99 Å². The van der Waals surface area contributed by atoms with Gasteiger partial charge in [-0.15, -0.1) is 0 Å². The van der Waals surface area contributed by atoms with Crippen molar-refractivity contribution in [2.45, 2.75) is 0 Å². The molecule has 0 fully saturated rings. The van der Waals surface area contributed by atoms with Gasteiger partial charge in [-0.1, -0.05) is 28.1 Å². The molecular formula is C9H7BrFNS. The second kappa shape index (κ2) is 5.19. The molecule has 0 unspecified atom stereocenters. The Morgan fingerprint density at radius 1 is 1.54 bits per heavy atom. The summed E-state index contributed by atoms with van der Waals surface area (Å²) in [6.45, 7) is 0.471. The summed E-state index contributed by atoms with van der Waals surface area (Å²) in [6.07, 6.45) is 1.59. The number of hydrogen-bond acceptors (Lipinski definition) is 2. The molecule has 0 radical (unpaired) electrons. The minimum Gasteiger partial charge on any atom is -0.288 e. The van der Waals surface area contributed by atoms with E-state index in [2.05, 4.69) is 33.1 Å². The van der Waals surface area contributed by atoms with E-state index in [9.17, 15) is 4.39 Å². The Morgan fingerprint density at radius 2 is 2.31 bits per heavy atom. The van der Waals surface area contributed by atoms with E-state index in [4.69, 9.17) is 0 Å². The van der Waals surface area contributed by atoms with Gasteiger partial charge in [-0.25, -0.2) is 4.39 Å². The molecule has 0 bridgehead atoms. The molecule has 0 aliphatic heterocycles. The van der Waals surface area contributed by atoms with Crippen LogP contribution >= 0.6 is 28.1 Å². The van der Waals surface area contributed by atoms with Gasteiger partial charge in [0, 0.05) is 21.6 Å². The van der Waals surface area contributed by atoms with Crippen LogP contribution in [-0.2, 0) is 0 Å². The summed E-state index contributed by atoms with van der Waals surface area (Å²) in [5.74, 6) is -0.271. The Kier molecular flexibility index (Phi) is 4.18. The molecule has 1 aromatic rings. The first-order chi connectivity index (χ1) is 6.24. The van der Waals surface area contributed by atoms with Gasteiger partial charge in [-0.05, 0) is 18.2 Å². The molecule has 0 aliphatic rings. The zero-order valence-corrected chi connectivity index (χ0v) is 9.11. The van der Waals surface area contributed by atoms with Gasteiger partial charge >= 0.3 is 0 Å². The largest absolute Gasteiger partial charge is 0.288 e. The van der Waals surface area contributed by atoms with Gasteiger partial charge in [0.1, 0.15) is 5.82 Å². The Balaban J connectivity index is 2.86. The molecule has 1 nitrogen and oxygen atoms in total. The van der Waals surface area contributed by atoms with Crippen LogP contribution in [0.1, 0.15) is 5.56 Å². The van der Waals surface area contributed by atoms with E-state index in [1.807, 2.05) is 0 Å². The van der Waals surface area contributed by atoms with Gasteiger partial charge in [0.05, 0.1) is 6.54 Å². The highest BCUT2D eigenvalue weighted by Gasteiger charge is 1.97. The minimum atomic E-state index is -0.271. The van der Waals surface area contributed by atoms with E-state index < -0.39 is 0 Å². The van der Waals surface area contributed by atoms with E-state index in [1.165, 1.54) is 17.5 Å². The molecule has 4 heteroatoms. The van der Waals surface area contributed by atoms with Gasteiger partial charge in [0.2, 0.25) is 0 Å². The average molecular weight is 260 g/mol. The summed E-state index contributed by atoms with van der Waals surface area (Å²) in [4.78, 5) is 3.98. The van der Waals surface area contributed by atoms with Crippen molar-refractivity contribution in [1.82, 2.24) is 0 Å². The number of nitrogens with zero attached hydrogens (tertiary/aromatic N) is 1. The lowest BCUT2D eigenvalue weighted by atomic mass is 10.2. The summed E-state index contributed by atoms with van der Waals surface area (Å²) in [6, 6.07) is 4.45. The van der Waals surface area contributed by atoms with Crippen LogP contribution in [0.4, 0.5) is 4.39 Å². The monoisotopic (exact) mass is 259 g/mol. The number of benzene rings is 1. The molecule has 0 saturated heterocycles. The predicted molar refractivity (Wildman–Crippen MR) is 60.2 cm³/mol. The van der Waals surface area contributed by atoms with E-state index in [0.29, 0.717) is 6.54 Å². The van der Waals surface area contributed by atoms with E-state index >= 15 is 0 Å². The van der Waals surface area contributed by atoms with Crippen LogP contribution in [0, 0.1) is 5.82 Å². The summed E-state index contributed by atoms with van der Waals surface area (Å²) >= 11 is 7.89. The third kappa shape index (κ3) is 3.32. The quantitative estimate of drug-likeness (QED) is 0.601. The van der Waals surface area contributed by atoms with Crippen molar-refractivity contribution in [3.63, 3.8) is 0 Å². The second-order valence-electron chi connectivity index (χ2n) is 2.33. The molecule has 0 saturated carbocycles. The normalized spacial score (nSPS) is 10.6. The first kappa shape index (κ1) is 10.5. The van der Waals surface area contributed by atoms with Crippen molar-refractivity contribution in [3.05, 3.63) is 34.1 Å². The summed E-state index contributed by atoms with van der Waals surface area (Å²) < 4.78 is 13.6. The van der Waals surface area contributed by atoms with Crippen LogP contribution in [0.5, 0.6) is 0 Å². The lowest BCUT2D eigenvalue weighted by Crippen LogP contribution is -1.87. The van der Waals surface area contributed by atoms with E-state index in [-0.39, 0.29) is 5.82 Å². The first-order valence-corrected chi connectivity index (χ1v) is 4.89. The van der Waals surface area contributed by atoms with Gasteiger partial charge in [-0.3, -0.25) is 4.99 Å². The number of halogens is 2. The molecule has 1 rings (SSSR count). The Labute approximate surface area is 89.8 Å². The first-order valence-electron chi connectivity index (χ1n) is 3.62. The van der Waals surface area contributed by atoms with Crippen molar-refractivity contribution < 1.29 is 4.39 Å². The highest BCUT2D eigenvalue weighted by molar-refractivity contribution is 9.10. The fraction of sp³-hybridized carbons (Fsp3) is 0.111. The fourth-order valence-electron chi connectivity index (χ4n) is 0.808. The van der Waals surface area contributed by atoms with Crippen LogP contribution in [-0.4, -0.2) is 18.1 Å². The van der Waals surface area contributed by atoms with Crippen molar-refractivity contribution >= 4 is 39.7 Å². The lowest BCUT2D eigenvalue weighted by molar-refractivity contribution is 0.627. The maximum absolute atomic E-state index is 12.7. The van der Waals surface area contributed by atoms with E-state index in [0.717, 1.165) is 10.0 Å². The molecule has 0 amide bonds. The summed E-state index contributed by atoms with van der Waals surface area (Å²) in [7, 11) is 0. The highest BCUT2D eigenvalue weighted by atomic mass is 79.9. The Hall–Kier alpha value is -0.610. The topological polar surface area (TPSA) is 12.4 Å². The Morgan fingerprint density at radius 3 is 3.00 bits per heavy atom. The van der Waals surface area contributed by atoms with Crippen LogP contribution in [0.3, 0.4) is 0 Å². The minimum absolute atomic E-state index is 0.271. The number of rotatable bonds is 3. The standard InChI is InChI=1S/C9H7BrFNS/c10-9-2-1-8(11)5-7(9)6-12-3-4-13/h1-2,4-6H,3H2. The molecule has 1 aromatic carbocycles. The SMILES string of the molecule is Fc1ccc(Br)c(C=NCC=S)c1. The molecule has 0 spiro atoms. The number of aliphatic imine (C=N–C) groups is 1. The molecule has 0 heterocycles. The van der Waals surface area contributed by atoms with E-state index in [1.54, 1.807) is 12.3 Å². The number of thiocarbonyl (C=S) groups is 1. The molecule has 0 atom stereocenters. The van der Waals surface area contributed by atoms with Gasteiger partial charge in [-0.2, -0.15) is 0 Å². The smallest absolute Gasteiger partial charge is 0.123 e. The van der Waals surface area contributed by atoms with Crippen LogP contribution in [0.25, 0.3) is 0 Å². The molecule has 0 N–H and O–H groups in total. The highest BCUT2D eigenvalue weighted by Crippen LogP contribution is 2.15. The summed E-state index contributed by atoms with van der Waals surface area (Å²) in [5.41, 5.74) is 0.719.